The summed E-state index contributed by atoms with van der Waals surface area (Å²) in [6.07, 6.45) is 1.24. The van der Waals surface area contributed by atoms with Crippen LogP contribution in [0.3, 0.4) is 0 Å². The van der Waals surface area contributed by atoms with Crippen LogP contribution in [0.15, 0.2) is 18.3 Å². The molecule has 0 fully saturated rings. The fourth-order valence-electron chi connectivity index (χ4n) is 0.925. The van der Waals surface area contributed by atoms with E-state index in [1.54, 1.807) is 0 Å². The fraction of sp³-hybridized carbons (Fsp3) is 0.222. The number of anilines is 1. The number of aliphatic carboxylic acids is 1. The molecule has 80 valence electrons. The molecule has 0 unspecified atom stereocenters. The van der Waals surface area contributed by atoms with Crippen LogP contribution in [-0.2, 0) is 4.79 Å². The zero-order chi connectivity index (χ0) is 11.3. The molecule has 0 bridgehead atoms. The first-order valence-electron chi connectivity index (χ1n) is 4.31. The first-order valence-corrected chi connectivity index (χ1v) is 4.31. The van der Waals surface area contributed by atoms with E-state index in [-0.39, 0.29) is 18.9 Å². The van der Waals surface area contributed by atoms with Crippen LogP contribution < -0.4 is 11.1 Å². The Morgan fingerprint density at radius 3 is 2.73 bits per heavy atom. The summed E-state index contributed by atoms with van der Waals surface area (Å²) >= 11 is 0. The molecule has 1 aromatic heterocycles. The molecule has 1 amide bonds. The number of aromatic nitrogens is 1. The van der Waals surface area contributed by atoms with Gasteiger partial charge in [0.25, 0.3) is 5.91 Å². The molecule has 0 spiro atoms. The molecule has 0 radical (unpaired) electrons. The van der Waals surface area contributed by atoms with E-state index in [0.717, 1.165) is 0 Å². The SMILES string of the molecule is Nc1ccc(C(=O)NCCC(=O)O)cn1. The van der Waals surface area contributed by atoms with Gasteiger partial charge in [-0.15, -0.1) is 0 Å². The van der Waals surface area contributed by atoms with Gasteiger partial charge in [0, 0.05) is 12.7 Å². The average Bonchev–Trinajstić information content (AvgIpc) is 2.18. The largest absolute Gasteiger partial charge is 0.481 e. The van der Waals surface area contributed by atoms with Gasteiger partial charge in [0.15, 0.2) is 0 Å². The molecular formula is C9H11N3O3. The van der Waals surface area contributed by atoms with Crippen LogP contribution in [-0.4, -0.2) is 28.5 Å². The second-order valence-electron chi connectivity index (χ2n) is 2.87. The van der Waals surface area contributed by atoms with Crippen molar-refractivity contribution in [3.05, 3.63) is 23.9 Å². The minimum Gasteiger partial charge on any atom is -0.481 e. The van der Waals surface area contributed by atoms with Crippen LogP contribution in [0.5, 0.6) is 0 Å². The zero-order valence-corrected chi connectivity index (χ0v) is 7.93. The van der Waals surface area contributed by atoms with Gasteiger partial charge >= 0.3 is 5.97 Å². The van der Waals surface area contributed by atoms with E-state index < -0.39 is 5.97 Å². The van der Waals surface area contributed by atoms with Crippen LogP contribution in [0, 0.1) is 0 Å². The third kappa shape index (κ3) is 3.63. The molecule has 0 aliphatic rings. The van der Waals surface area contributed by atoms with Crippen molar-refractivity contribution in [3.8, 4) is 0 Å². The predicted octanol–water partition coefficient (Wildman–Crippen LogP) is -0.132. The number of carboxylic acids is 1. The van der Waals surface area contributed by atoms with E-state index in [0.29, 0.717) is 11.4 Å². The van der Waals surface area contributed by atoms with Gasteiger partial charge in [0.2, 0.25) is 0 Å². The lowest BCUT2D eigenvalue weighted by Gasteiger charge is -2.02. The number of pyridine rings is 1. The number of nitrogens with one attached hydrogen (secondary N) is 1. The van der Waals surface area contributed by atoms with E-state index >= 15 is 0 Å². The molecule has 0 saturated heterocycles. The second-order valence-corrected chi connectivity index (χ2v) is 2.87. The Kier molecular flexibility index (Phi) is 3.61. The van der Waals surface area contributed by atoms with Crippen molar-refractivity contribution in [1.82, 2.24) is 10.3 Å². The number of hydrogen-bond acceptors (Lipinski definition) is 4. The Bertz CT molecular complexity index is 361. The van der Waals surface area contributed by atoms with Gasteiger partial charge in [0.05, 0.1) is 12.0 Å². The van der Waals surface area contributed by atoms with Gasteiger partial charge < -0.3 is 16.2 Å². The molecule has 0 atom stereocenters. The van der Waals surface area contributed by atoms with Crippen molar-refractivity contribution >= 4 is 17.7 Å². The third-order valence-corrected chi connectivity index (χ3v) is 1.67. The molecule has 0 saturated carbocycles. The highest BCUT2D eigenvalue weighted by molar-refractivity contribution is 5.94. The van der Waals surface area contributed by atoms with E-state index in [9.17, 15) is 9.59 Å². The normalized spacial score (nSPS) is 9.60. The predicted molar refractivity (Wildman–Crippen MR) is 53.2 cm³/mol. The number of amides is 1. The topological polar surface area (TPSA) is 105 Å². The van der Waals surface area contributed by atoms with Gasteiger partial charge in [-0.3, -0.25) is 9.59 Å². The van der Waals surface area contributed by atoms with Gasteiger partial charge in [-0.25, -0.2) is 4.98 Å². The molecule has 6 heteroatoms. The maximum Gasteiger partial charge on any atom is 0.305 e. The van der Waals surface area contributed by atoms with Crippen molar-refractivity contribution < 1.29 is 14.7 Å². The summed E-state index contributed by atoms with van der Waals surface area (Å²) in [4.78, 5) is 25.3. The lowest BCUT2D eigenvalue weighted by Crippen LogP contribution is -2.26. The standard InChI is InChI=1S/C9H11N3O3/c10-7-2-1-6(5-12-7)9(15)11-4-3-8(13)14/h1-2,5H,3-4H2,(H2,10,12)(H,11,15)(H,13,14). The molecule has 4 N–H and O–H groups in total. The number of carbonyl (C=O) groups excluding carboxylic acids is 1. The number of nitrogen functional groups attached to an aromatic ring is 1. The van der Waals surface area contributed by atoms with Gasteiger partial charge in [-0.2, -0.15) is 0 Å². The molecule has 1 rings (SSSR count). The summed E-state index contributed by atoms with van der Waals surface area (Å²) < 4.78 is 0. The van der Waals surface area contributed by atoms with E-state index in [1.807, 2.05) is 0 Å². The number of carboxylic acid groups (broad SMARTS) is 1. The van der Waals surface area contributed by atoms with Crippen molar-refractivity contribution in [2.45, 2.75) is 6.42 Å². The highest BCUT2D eigenvalue weighted by atomic mass is 16.4. The number of nitrogens with two attached hydrogens (primary N) is 1. The number of carbonyl (C=O) groups is 2. The fourth-order valence-corrected chi connectivity index (χ4v) is 0.925. The molecule has 1 heterocycles. The summed E-state index contributed by atoms with van der Waals surface area (Å²) in [5.41, 5.74) is 5.70. The Hall–Kier alpha value is -2.11. The summed E-state index contributed by atoms with van der Waals surface area (Å²) in [6.45, 7) is 0.0958. The van der Waals surface area contributed by atoms with Crippen LogP contribution in [0.2, 0.25) is 0 Å². The molecular weight excluding hydrogens is 198 g/mol. The minimum absolute atomic E-state index is 0.0958. The summed E-state index contributed by atoms with van der Waals surface area (Å²) in [6, 6.07) is 3.03. The quantitative estimate of drug-likeness (QED) is 0.640. The number of nitrogens with zero attached hydrogens (tertiary/aromatic N) is 1. The van der Waals surface area contributed by atoms with Crippen molar-refractivity contribution in [2.75, 3.05) is 12.3 Å². The Morgan fingerprint density at radius 1 is 1.47 bits per heavy atom. The monoisotopic (exact) mass is 209 g/mol. The lowest BCUT2D eigenvalue weighted by molar-refractivity contribution is -0.136. The average molecular weight is 209 g/mol. The first-order chi connectivity index (χ1) is 7.09. The molecule has 6 nitrogen and oxygen atoms in total. The molecule has 0 aliphatic carbocycles. The minimum atomic E-state index is -0.953. The summed E-state index contributed by atoms with van der Waals surface area (Å²) in [5.74, 6) is -0.980. The first kappa shape index (κ1) is 11.0. The van der Waals surface area contributed by atoms with Crippen LogP contribution in [0.25, 0.3) is 0 Å². The Labute approximate surface area is 86.1 Å². The van der Waals surface area contributed by atoms with Crippen molar-refractivity contribution in [1.29, 1.82) is 0 Å². The van der Waals surface area contributed by atoms with Crippen LogP contribution in [0.1, 0.15) is 16.8 Å². The molecule has 0 aromatic carbocycles. The van der Waals surface area contributed by atoms with Gasteiger partial charge in [-0.1, -0.05) is 0 Å². The van der Waals surface area contributed by atoms with E-state index in [4.69, 9.17) is 10.8 Å². The van der Waals surface area contributed by atoms with Crippen LogP contribution in [0.4, 0.5) is 5.82 Å². The van der Waals surface area contributed by atoms with E-state index in [2.05, 4.69) is 10.3 Å². The summed E-state index contributed by atoms with van der Waals surface area (Å²) in [5, 5.41) is 10.8. The van der Waals surface area contributed by atoms with Gasteiger partial charge in [0.1, 0.15) is 5.82 Å². The zero-order valence-electron chi connectivity index (χ0n) is 7.93. The highest BCUT2D eigenvalue weighted by Gasteiger charge is 2.05. The lowest BCUT2D eigenvalue weighted by atomic mass is 10.2. The summed E-state index contributed by atoms with van der Waals surface area (Å²) in [7, 11) is 0. The molecule has 15 heavy (non-hydrogen) atoms. The maximum absolute atomic E-state index is 11.4. The number of hydrogen-bond donors (Lipinski definition) is 3. The van der Waals surface area contributed by atoms with E-state index in [1.165, 1.54) is 18.3 Å². The maximum atomic E-state index is 11.4. The van der Waals surface area contributed by atoms with Gasteiger partial charge in [-0.05, 0) is 12.1 Å². The Balaban J connectivity index is 2.47. The molecule has 1 aromatic rings. The Morgan fingerprint density at radius 2 is 2.20 bits per heavy atom. The van der Waals surface area contributed by atoms with Crippen molar-refractivity contribution in [2.24, 2.45) is 0 Å². The van der Waals surface area contributed by atoms with Crippen LogP contribution >= 0.6 is 0 Å². The number of rotatable bonds is 4. The van der Waals surface area contributed by atoms with Crippen molar-refractivity contribution in [3.63, 3.8) is 0 Å². The smallest absolute Gasteiger partial charge is 0.305 e. The third-order valence-electron chi connectivity index (χ3n) is 1.67. The second kappa shape index (κ2) is 4.94. The highest BCUT2D eigenvalue weighted by Crippen LogP contribution is 2.00. The molecule has 0 aliphatic heterocycles.